The zero-order valence-corrected chi connectivity index (χ0v) is 9.77. The van der Waals surface area contributed by atoms with Crippen LogP contribution in [0.3, 0.4) is 0 Å². The Labute approximate surface area is 106 Å². The molecule has 0 bridgehead atoms. The first-order valence-corrected chi connectivity index (χ1v) is 5.62. The minimum absolute atomic E-state index is 0.417. The number of carbonyl (C=O) groups is 1. The van der Waals surface area contributed by atoms with E-state index in [9.17, 15) is 4.79 Å². The summed E-state index contributed by atoms with van der Waals surface area (Å²) in [7, 11) is 0. The van der Waals surface area contributed by atoms with E-state index in [1.165, 1.54) is 0 Å². The number of carbonyl (C=O) groups excluding carboxylic acids is 1. The third-order valence-electron chi connectivity index (χ3n) is 2.43. The highest BCUT2D eigenvalue weighted by Gasteiger charge is 2.08. The summed E-state index contributed by atoms with van der Waals surface area (Å²) in [5.74, 6) is 0. The number of hydrogen-bond acceptors (Lipinski definition) is 3. The maximum absolute atomic E-state index is 10.5. The standard InChI is InChI=1S/C15H13NO2/c17-12-18-15(14-9-5-2-6-10-14)16-11-13-7-3-1-4-8-13/h1-12,15H/b16-11+. The maximum atomic E-state index is 10.5. The summed E-state index contributed by atoms with van der Waals surface area (Å²) in [4.78, 5) is 14.8. The van der Waals surface area contributed by atoms with E-state index in [1.807, 2.05) is 60.7 Å². The van der Waals surface area contributed by atoms with Gasteiger partial charge in [-0.2, -0.15) is 0 Å². The van der Waals surface area contributed by atoms with Gasteiger partial charge in [-0.25, -0.2) is 4.99 Å². The third kappa shape index (κ3) is 3.28. The summed E-state index contributed by atoms with van der Waals surface area (Å²) in [5, 5.41) is 0. The number of hydrogen-bond donors (Lipinski definition) is 0. The number of nitrogens with zero attached hydrogens (tertiary/aromatic N) is 1. The van der Waals surface area contributed by atoms with Crippen LogP contribution in [0.4, 0.5) is 0 Å². The van der Waals surface area contributed by atoms with Crippen molar-refractivity contribution in [1.82, 2.24) is 0 Å². The molecule has 0 heterocycles. The lowest BCUT2D eigenvalue weighted by molar-refractivity contribution is -0.133. The molecular formula is C15H13NO2. The van der Waals surface area contributed by atoms with E-state index < -0.39 is 6.23 Å². The Morgan fingerprint density at radius 3 is 2.17 bits per heavy atom. The second-order valence-corrected chi connectivity index (χ2v) is 3.68. The maximum Gasteiger partial charge on any atom is 0.295 e. The van der Waals surface area contributed by atoms with Crippen molar-refractivity contribution in [3.63, 3.8) is 0 Å². The van der Waals surface area contributed by atoms with Crippen LogP contribution in [-0.4, -0.2) is 12.7 Å². The zero-order chi connectivity index (χ0) is 12.6. The van der Waals surface area contributed by atoms with Gasteiger partial charge in [0.1, 0.15) is 0 Å². The highest BCUT2D eigenvalue weighted by atomic mass is 16.5. The van der Waals surface area contributed by atoms with E-state index >= 15 is 0 Å². The summed E-state index contributed by atoms with van der Waals surface area (Å²) in [6, 6.07) is 19.1. The molecule has 0 aliphatic carbocycles. The van der Waals surface area contributed by atoms with E-state index in [0.717, 1.165) is 11.1 Å². The Balaban J connectivity index is 2.17. The fourth-order valence-corrected chi connectivity index (χ4v) is 1.56. The Morgan fingerprint density at radius 2 is 1.56 bits per heavy atom. The average molecular weight is 239 g/mol. The fraction of sp³-hybridized carbons (Fsp3) is 0.0667. The van der Waals surface area contributed by atoms with Crippen molar-refractivity contribution in [2.45, 2.75) is 6.23 Å². The van der Waals surface area contributed by atoms with Crippen molar-refractivity contribution in [2.75, 3.05) is 0 Å². The van der Waals surface area contributed by atoms with Crippen LogP contribution in [0.2, 0.25) is 0 Å². The Morgan fingerprint density at radius 1 is 0.944 bits per heavy atom. The zero-order valence-electron chi connectivity index (χ0n) is 9.77. The van der Waals surface area contributed by atoms with Crippen LogP contribution < -0.4 is 0 Å². The first-order chi connectivity index (χ1) is 8.90. The quantitative estimate of drug-likeness (QED) is 0.594. The predicted octanol–water partition coefficient (Wildman–Crippen LogP) is 2.98. The van der Waals surface area contributed by atoms with Crippen LogP contribution in [0.5, 0.6) is 0 Å². The van der Waals surface area contributed by atoms with Gasteiger partial charge in [-0.05, 0) is 5.56 Å². The van der Waals surface area contributed by atoms with Gasteiger partial charge in [0.15, 0.2) is 0 Å². The molecule has 2 aromatic rings. The number of aliphatic imine (C=N–C) groups is 1. The normalized spacial score (nSPS) is 12.2. The predicted molar refractivity (Wildman–Crippen MR) is 70.4 cm³/mol. The van der Waals surface area contributed by atoms with Crippen LogP contribution in [-0.2, 0) is 9.53 Å². The van der Waals surface area contributed by atoms with Gasteiger partial charge in [0.2, 0.25) is 6.23 Å². The van der Waals surface area contributed by atoms with Gasteiger partial charge >= 0.3 is 0 Å². The molecule has 90 valence electrons. The molecule has 3 nitrogen and oxygen atoms in total. The highest BCUT2D eigenvalue weighted by molar-refractivity contribution is 5.79. The van der Waals surface area contributed by atoms with Crippen LogP contribution in [0.1, 0.15) is 17.4 Å². The monoisotopic (exact) mass is 239 g/mol. The molecule has 3 heteroatoms. The summed E-state index contributed by atoms with van der Waals surface area (Å²) >= 11 is 0. The van der Waals surface area contributed by atoms with Crippen molar-refractivity contribution in [3.05, 3.63) is 71.8 Å². The smallest absolute Gasteiger partial charge is 0.295 e. The lowest BCUT2D eigenvalue weighted by atomic mass is 10.2. The molecule has 18 heavy (non-hydrogen) atoms. The molecule has 0 spiro atoms. The van der Waals surface area contributed by atoms with Crippen molar-refractivity contribution in [1.29, 1.82) is 0 Å². The van der Waals surface area contributed by atoms with Crippen LogP contribution in [0, 0.1) is 0 Å². The van der Waals surface area contributed by atoms with Crippen LogP contribution >= 0.6 is 0 Å². The van der Waals surface area contributed by atoms with Gasteiger partial charge in [0, 0.05) is 11.8 Å². The SMILES string of the molecule is O=COC(/N=C/c1ccccc1)c1ccccc1. The molecule has 0 fully saturated rings. The van der Waals surface area contributed by atoms with Gasteiger partial charge in [-0.15, -0.1) is 0 Å². The summed E-state index contributed by atoms with van der Waals surface area (Å²) in [5.41, 5.74) is 1.81. The minimum atomic E-state index is -0.594. The fourth-order valence-electron chi connectivity index (χ4n) is 1.56. The van der Waals surface area contributed by atoms with Gasteiger partial charge in [-0.1, -0.05) is 60.7 Å². The molecule has 0 aliphatic heterocycles. The van der Waals surface area contributed by atoms with Crippen molar-refractivity contribution in [2.24, 2.45) is 4.99 Å². The van der Waals surface area contributed by atoms with Gasteiger partial charge in [0.25, 0.3) is 6.47 Å². The molecule has 0 aromatic heterocycles. The molecule has 2 aromatic carbocycles. The molecular weight excluding hydrogens is 226 g/mol. The Kier molecular flexibility index (Phi) is 4.25. The van der Waals surface area contributed by atoms with E-state index in [1.54, 1.807) is 6.21 Å². The van der Waals surface area contributed by atoms with Gasteiger partial charge in [-0.3, -0.25) is 4.79 Å². The van der Waals surface area contributed by atoms with Crippen molar-refractivity contribution >= 4 is 12.7 Å². The van der Waals surface area contributed by atoms with E-state index in [2.05, 4.69) is 4.99 Å². The van der Waals surface area contributed by atoms with Crippen LogP contribution in [0.25, 0.3) is 0 Å². The van der Waals surface area contributed by atoms with E-state index in [0.29, 0.717) is 6.47 Å². The van der Waals surface area contributed by atoms with Gasteiger partial charge < -0.3 is 4.74 Å². The molecule has 0 N–H and O–H groups in total. The molecule has 0 saturated carbocycles. The number of rotatable bonds is 5. The van der Waals surface area contributed by atoms with E-state index in [4.69, 9.17) is 4.74 Å². The Bertz CT molecular complexity index is 509. The lowest BCUT2D eigenvalue weighted by Gasteiger charge is -2.10. The molecule has 0 aliphatic rings. The number of ether oxygens (including phenoxy) is 1. The minimum Gasteiger partial charge on any atom is -0.438 e. The van der Waals surface area contributed by atoms with Crippen molar-refractivity contribution in [3.8, 4) is 0 Å². The van der Waals surface area contributed by atoms with Crippen LogP contribution in [0.15, 0.2) is 65.7 Å². The second-order valence-electron chi connectivity index (χ2n) is 3.68. The second kappa shape index (κ2) is 6.35. The summed E-state index contributed by atoms with van der Waals surface area (Å²) in [6.45, 7) is 0.417. The molecule has 0 saturated heterocycles. The summed E-state index contributed by atoms with van der Waals surface area (Å²) < 4.78 is 4.97. The first kappa shape index (κ1) is 12.0. The van der Waals surface area contributed by atoms with E-state index in [-0.39, 0.29) is 0 Å². The highest BCUT2D eigenvalue weighted by Crippen LogP contribution is 2.17. The topological polar surface area (TPSA) is 38.7 Å². The average Bonchev–Trinajstić information content (AvgIpc) is 2.45. The molecule has 0 radical (unpaired) electrons. The summed E-state index contributed by atoms with van der Waals surface area (Å²) in [6.07, 6.45) is 1.10. The third-order valence-corrected chi connectivity index (χ3v) is 2.43. The largest absolute Gasteiger partial charge is 0.438 e. The lowest BCUT2D eigenvalue weighted by Crippen LogP contribution is -2.00. The molecule has 0 amide bonds. The molecule has 1 unspecified atom stereocenters. The first-order valence-electron chi connectivity index (χ1n) is 5.62. The number of benzene rings is 2. The Hall–Kier alpha value is -2.42. The molecule has 1 atom stereocenters. The van der Waals surface area contributed by atoms with Gasteiger partial charge in [0.05, 0.1) is 0 Å². The molecule has 2 rings (SSSR count). The van der Waals surface area contributed by atoms with Crippen molar-refractivity contribution < 1.29 is 9.53 Å².